The van der Waals surface area contributed by atoms with Crippen LogP contribution in [0.4, 0.5) is 4.79 Å². The summed E-state index contributed by atoms with van der Waals surface area (Å²) in [6.07, 6.45) is -0.376. The third-order valence-electron chi connectivity index (χ3n) is 4.94. The average Bonchev–Trinajstić information content (AvgIpc) is 2.81. The predicted octanol–water partition coefficient (Wildman–Crippen LogP) is 2.81. The number of ether oxygens (including phenoxy) is 4. The number of amides is 2. The Kier molecular flexibility index (Phi) is 7.00. The van der Waals surface area contributed by atoms with Gasteiger partial charge in [-0.3, -0.25) is 4.79 Å². The molecule has 30 heavy (non-hydrogen) atoms. The quantitative estimate of drug-likeness (QED) is 0.723. The lowest BCUT2D eigenvalue weighted by Gasteiger charge is -2.34. The molecule has 2 aromatic carbocycles. The SMILES string of the molecule is COc1cc(C(=O)N2CCN(C(=O)OCc3ccccc3)CC2)cc(OC)c1OC. The molecule has 2 aromatic rings. The highest BCUT2D eigenvalue weighted by atomic mass is 16.6. The second-order valence-corrected chi connectivity index (χ2v) is 6.73. The number of benzene rings is 2. The fourth-order valence-corrected chi connectivity index (χ4v) is 3.29. The summed E-state index contributed by atoms with van der Waals surface area (Å²) in [4.78, 5) is 28.6. The van der Waals surface area contributed by atoms with Crippen LogP contribution >= 0.6 is 0 Å². The van der Waals surface area contributed by atoms with E-state index in [4.69, 9.17) is 18.9 Å². The number of carbonyl (C=O) groups is 2. The first-order valence-corrected chi connectivity index (χ1v) is 9.62. The van der Waals surface area contributed by atoms with Gasteiger partial charge in [-0.25, -0.2) is 4.79 Å². The fraction of sp³-hybridized carbons (Fsp3) is 0.364. The molecule has 1 heterocycles. The van der Waals surface area contributed by atoms with E-state index in [2.05, 4.69) is 0 Å². The van der Waals surface area contributed by atoms with Gasteiger partial charge in [0.05, 0.1) is 21.3 Å². The van der Waals surface area contributed by atoms with Gasteiger partial charge in [-0.1, -0.05) is 30.3 Å². The Morgan fingerprint density at radius 3 is 1.93 bits per heavy atom. The Morgan fingerprint density at radius 1 is 0.833 bits per heavy atom. The lowest BCUT2D eigenvalue weighted by Crippen LogP contribution is -2.50. The Labute approximate surface area is 175 Å². The predicted molar refractivity (Wildman–Crippen MR) is 110 cm³/mol. The van der Waals surface area contributed by atoms with Gasteiger partial charge in [0.2, 0.25) is 5.75 Å². The number of nitrogens with zero attached hydrogens (tertiary/aromatic N) is 2. The molecule has 0 bridgehead atoms. The summed E-state index contributed by atoms with van der Waals surface area (Å²) in [5.74, 6) is 1.11. The first kappa shape index (κ1) is 21.3. The smallest absolute Gasteiger partial charge is 0.410 e. The number of piperazine rings is 1. The first-order chi connectivity index (χ1) is 14.6. The molecule has 2 amide bonds. The molecule has 0 N–H and O–H groups in total. The molecule has 0 saturated carbocycles. The molecule has 8 heteroatoms. The van der Waals surface area contributed by atoms with Crippen LogP contribution in [-0.4, -0.2) is 69.3 Å². The van der Waals surface area contributed by atoms with Gasteiger partial charge in [-0.05, 0) is 17.7 Å². The van der Waals surface area contributed by atoms with E-state index in [1.165, 1.54) is 21.3 Å². The van der Waals surface area contributed by atoms with Crippen molar-refractivity contribution in [1.29, 1.82) is 0 Å². The van der Waals surface area contributed by atoms with Crippen molar-refractivity contribution >= 4 is 12.0 Å². The van der Waals surface area contributed by atoms with Crippen LogP contribution in [0.5, 0.6) is 17.2 Å². The standard InChI is InChI=1S/C22H26N2O6/c1-27-18-13-17(14-19(28-2)20(18)29-3)21(25)23-9-11-24(12-10-23)22(26)30-15-16-7-5-4-6-8-16/h4-8,13-14H,9-12,15H2,1-3H3. The van der Waals surface area contributed by atoms with Crippen LogP contribution in [-0.2, 0) is 11.3 Å². The largest absolute Gasteiger partial charge is 0.493 e. The minimum Gasteiger partial charge on any atom is -0.493 e. The van der Waals surface area contributed by atoms with E-state index in [1.807, 2.05) is 30.3 Å². The van der Waals surface area contributed by atoms with E-state index >= 15 is 0 Å². The summed E-state index contributed by atoms with van der Waals surface area (Å²) in [5.41, 5.74) is 1.37. The van der Waals surface area contributed by atoms with Gasteiger partial charge in [-0.2, -0.15) is 0 Å². The maximum atomic E-state index is 13.0. The second-order valence-electron chi connectivity index (χ2n) is 6.73. The summed E-state index contributed by atoms with van der Waals surface area (Å²) in [7, 11) is 4.52. The Morgan fingerprint density at radius 2 is 1.40 bits per heavy atom. The number of carbonyl (C=O) groups excluding carboxylic acids is 2. The molecule has 0 aliphatic carbocycles. The highest BCUT2D eigenvalue weighted by Crippen LogP contribution is 2.38. The minimum absolute atomic E-state index is 0.161. The fourth-order valence-electron chi connectivity index (χ4n) is 3.29. The summed E-state index contributed by atoms with van der Waals surface area (Å²) >= 11 is 0. The number of hydrogen-bond donors (Lipinski definition) is 0. The molecule has 1 aliphatic rings. The van der Waals surface area contributed by atoms with Crippen LogP contribution in [0.3, 0.4) is 0 Å². The average molecular weight is 414 g/mol. The van der Waals surface area contributed by atoms with Crippen molar-refractivity contribution in [2.45, 2.75) is 6.61 Å². The van der Waals surface area contributed by atoms with Gasteiger partial charge < -0.3 is 28.7 Å². The summed E-state index contributed by atoms with van der Waals surface area (Å²) in [6, 6.07) is 12.8. The van der Waals surface area contributed by atoms with Crippen molar-refractivity contribution in [3.05, 3.63) is 53.6 Å². The van der Waals surface area contributed by atoms with E-state index in [0.717, 1.165) is 5.56 Å². The van der Waals surface area contributed by atoms with E-state index in [9.17, 15) is 9.59 Å². The summed E-state index contributed by atoms with van der Waals surface area (Å²) in [6.45, 7) is 1.86. The molecule has 160 valence electrons. The van der Waals surface area contributed by atoms with E-state index in [1.54, 1.807) is 21.9 Å². The van der Waals surface area contributed by atoms with E-state index < -0.39 is 0 Å². The summed E-state index contributed by atoms with van der Waals surface area (Å²) in [5, 5.41) is 0. The second kappa shape index (κ2) is 9.87. The molecule has 8 nitrogen and oxygen atoms in total. The van der Waals surface area contributed by atoms with Crippen LogP contribution in [0.15, 0.2) is 42.5 Å². The van der Waals surface area contributed by atoms with Gasteiger partial charge in [0, 0.05) is 31.7 Å². The monoisotopic (exact) mass is 414 g/mol. The third-order valence-corrected chi connectivity index (χ3v) is 4.94. The van der Waals surface area contributed by atoms with Crippen molar-refractivity contribution in [3.8, 4) is 17.2 Å². The Balaban J connectivity index is 1.59. The zero-order valence-corrected chi connectivity index (χ0v) is 17.4. The van der Waals surface area contributed by atoms with Gasteiger partial charge in [0.25, 0.3) is 5.91 Å². The third kappa shape index (κ3) is 4.76. The highest BCUT2D eigenvalue weighted by Gasteiger charge is 2.27. The van der Waals surface area contributed by atoms with Gasteiger partial charge in [-0.15, -0.1) is 0 Å². The molecule has 1 aliphatic heterocycles. The van der Waals surface area contributed by atoms with Crippen molar-refractivity contribution < 1.29 is 28.5 Å². The Bertz CT molecular complexity index is 853. The number of rotatable bonds is 6. The van der Waals surface area contributed by atoms with Crippen molar-refractivity contribution in [2.75, 3.05) is 47.5 Å². The summed E-state index contributed by atoms with van der Waals surface area (Å²) < 4.78 is 21.3. The molecular weight excluding hydrogens is 388 g/mol. The first-order valence-electron chi connectivity index (χ1n) is 9.62. The maximum Gasteiger partial charge on any atom is 0.410 e. The van der Waals surface area contributed by atoms with Crippen LogP contribution in [0.25, 0.3) is 0 Å². The molecule has 0 radical (unpaired) electrons. The Hall–Kier alpha value is -3.42. The van der Waals surface area contributed by atoms with Crippen molar-refractivity contribution in [1.82, 2.24) is 9.80 Å². The molecule has 0 aromatic heterocycles. The zero-order chi connectivity index (χ0) is 21.5. The van der Waals surface area contributed by atoms with Crippen molar-refractivity contribution in [2.24, 2.45) is 0 Å². The van der Waals surface area contributed by atoms with E-state index in [-0.39, 0.29) is 18.6 Å². The molecule has 1 saturated heterocycles. The van der Waals surface area contributed by atoms with Crippen LogP contribution in [0, 0.1) is 0 Å². The topological polar surface area (TPSA) is 77.5 Å². The van der Waals surface area contributed by atoms with E-state index in [0.29, 0.717) is 49.0 Å². The lowest BCUT2D eigenvalue weighted by molar-refractivity contribution is 0.0543. The highest BCUT2D eigenvalue weighted by molar-refractivity contribution is 5.95. The van der Waals surface area contributed by atoms with Crippen LogP contribution < -0.4 is 14.2 Å². The maximum absolute atomic E-state index is 13.0. The van der Waals surface area contributed by atoms with Crippen LogP contribution in [0.1, 0.15) is 15.9 Å². The van der Waals surface area contributed by atoms with Gasteiger partial charge in [0.15, 0.2) is 11.5 Å². The van der Waals surface area contributed by atoms with Crippen molar-refractivity contribution in [3.63, 3.8) is 0 Å². The molecule has 0 spiro atoms. The van der Waals surface area contributed by atoms with Crippen LogP contribution in [0.2, 0.25) is 0 Å². The molecular formula is C22H26N2O6. The number of methoxy groups -OCH3 is 3. The normalized spacial score (nSPS) is 13.6. The molecule has 0 unspecified atom stereocenters. The zero-order valence-electron chi connectivity index (χ0n) is 17.4. The molecule has 3 rings (SSSR count). The lowest BCUT2D eigenvalue weighted by atomic mass is 10.1. The molecule has 0 atom stereocenters. The number of hydrogen-bond acceptors (Lipinski definition) is 6. The van der Waals surface area contributed by atoms with Gasteiger partial charge >= 0.3 is 6.09 Å². The van der Waals surface area contributed by atoms with Gasteiger partial charge in [0.1, 0.15) is 6.61 Å². The molecule has 1 fully saturated rings. The minimum atomic E-state index is -0.376.